The number of anilines is 1. The number of carbonyl (C=O) groups excluding carboxylic acids is 1. The minimum atomic E-state index is -0.542. The number of nitro groups is 1. The molecule has 7 heteroatoms. The first-order valence-corrected chi connectivity index (χ1v) is 6.51. The van der Waals surface area contributed by atoms with Gasteiger partial charge in [-0.1, -0.05) is 41.4 Å². The van der Waals surface area contributed by atoms with Crippen molar-refractivity contribution in [3.8, 4) is 0 Å². The molecule has 0 aromatic heterocycles. The predicted octanol–water partition coefficient (Wildman–Crippen LogP) is 3.61. The third-order valence-corrected chi connectivity index (χ3v) is 4.06. The van der Waals surface area contributed by atoms with Gasteiger partial charge in [0.25, 0.3) is 5.69 Å². The van der Waals surface area contributed by atoms with Crippen LogP contribution < -0.4 is 5.32 Å². The molecule has 0 aliphatic heterocycles. The second kappa shape index (κ2) is 6.15. The van der Waals surface area contributed by atoms with Crippen molar-refractivity contribution >= 4 is 44.8 Å². The minimum absolute atomic E-state index is 0.0995. The molecule has 0 fully saturated rings. The highest BCUT2D eigenvalue weighted by Gasteiger charge is 2.20. The lowest BCUT2D eigenvalue weighted by atomic mass is 10.1. The average molecular weight is 336 g/mol. The molecular weight excluding hydrogens is 323 g/mol. The second-order valence-electron chi connectivity index (χ2n) is 4.06. The van der Waals surface area contributed by atoms with E-state index in [-0.39, 0.29) is 33.0 Å². The molecule has 0 bridgehead atoms. The van der Waals surface area contributed by atoms with Crippen molar-refractivity contribution < 1.29 is 9.72 Å². The summed E-state index contributed by atoms with van der Waals surface area (Å²) in [6.45, 7) is 3.77. The van der Waals surface area contributed by atoms with Crippen molar-refractivity contribution in [2.75, 3.05) is 5.32 Å². The van der Waals surface area contributed by atoms with Crippen LogP contribution in [-0.4, -0.2) is 15.7 Å². The van der Waals surface area contributed by atoms with E-state index in [0.29, 0.717) is 0 Å². The van der Waals surface area contributed by atoms with Gasteiger partial charge >= 0.3 is 0 Å². The Morgan fingerprint density at radius 1 is 1.50 bits per heavy atom. The van der Waals surface area contributed by atoms with Crippen LogP contribution in [0.25, 0.3) is 0 Å². The van der Waals surface area contributed by atoms with Crippen molar-refractivity contribution in [2.24, 2.45) is 5.92 Å². The zero-order valence-electron chi connectivity index (χ0n) is 9.81. The lowest BCUT2D eigenvalue weighted by Crippen LogP contribution is -2.27. The van der Waals surface area contributed by atoms with Crippen molar-refractivity contribution in [1.29, 1.82) is 0 Å². The van der Waals surface area contributed by atoms with Crippen molar-refractivity contribution in [3.05, 3.63) is 33.3 Å². The molecule has 0 saturated heterocycles. The summed E-state index contributed by atoms with van der Waals surface area (Å²) in [5, 5.41) is 13.5. The van der Waals surface area contributed by atoms with Crippen molar-refractivity contribution in [3.63, 3.8) is 0 Å². The van der Waals surface area contributed by atoms with Crippen molar-refractivity contribution in [1.82, 2.24) is 0 Å². The largest absolute Gasteiger partial charge is 0.324 e. The average Bonchev–Trinajstić information content (AvgIpc) is 2.30. The van der Waals surface area contributed by atoms with Gasteiger partial charge in [-0.15, -0.1) is 0 Å². The van der Waals surface area contributed by atoms with Gasteiger partial charge in [-0.05, 0) is 12.0 Å². The number of nitrogens with zero attached hydrogens (tertiary/aromatic N) is 1. The fraction of sp³-hybridized carbons (Fsp3) is 0.364. The molecule has 0 spiro atoms. The lowest BCUT2D eigenvalue weighted by molar-refractivity contribution is -0.384. The van der Waals surface area contributed by atoms with Gasteiger partial charge in [-0.25, -0.2) is 0 Å². The van der Waals surface area contributed by atoms with E-state index in [1.165, 1.54) is 18.2 Å². The Morgan fingerprint density at radius 3 is 2.61 bits per heavy atom. The first kappa shape index (κ1) is 14.9. The van der Waals surface area contributed by atoms with E-state index >= 15 is 0 Å². The Hall–Kier alpha value is -1.14. The summed E-state index contributed by atoms with van der Waals surface area (Å²) in [5.41, 5.74) is 0.117. The summed E-state index contributed by atoms with van der Waals surface area (Å²) in [5.74, 6) is -0.185. The maximum atomic E-state index is 11.8. The highest BCUT2D eigenvalue weighted by Crippen LogP contribution is 2.27. The van der Waals surface area contributed by atoms with E-state index in [1.54, 1.807) is 0 Å². The van der Waals surface area contributed by atoms with Crippen LogP contribution in [-0.2, 0) is 4.79 Å². The van der Waals surface area contributed by atoms with E-state index < -0.39 is 4.92 Å². The zero-order chi connectivity index (χ0) is 13.9. The Bertz CT molecular complexity index is 479. The Kier molecular flexibility index (Phi) is 5.10. The number of halogens is 2. The zero-order valence-corrected chi connectivity index (χ0v) is 12.2. The Balaban J connectivity index is 2.93. The monoisotopic (exact) mass is 334 g/mol. The van der Waals surface area contributed by atoms with Gasteiger partial charge in [0, 0.05) is 12.1 Å². The van der Waals surface area contributed by atoms with Gasteiger partial charge in [-0.2, -0.15) is 0 Å². The summed E-state index contributed by atoms with van der Waals surface area (Å²) < 4.78 is 0. The molecule has 1 aromatic carbocycles. The van der Waals surface area contributed by atoms with Crippen LogP contribution in [0.1, 0.15) is 13.8 Å². The molecule has 0 aliphatic rings. The van der Waals surface area contributed by atoms with E-state index in [2.05, 4.69) is 21.2 Å². The van der Waals surface area contributed by atoms with Gasteiger partial charge in [0.2, 0.25) is 5.91 Å². The number of benzene rings is 1. The third kappa shape index (κ3) is 3.68. The minimum Gasteiger partial charge on any atom is -0.324 e. The molecular formula is C11H12BrClN2O3. The quantitative estimate of drug-likeness (QED) is 0.519. The number of carbonyl (C=O) groups is 1. The third-order valence-electron chi connectivity index (χ3n) is 2.25. The normalized spacial score (nSPS) is 12.3. The fourth-order valence-corrected chi connectivity index (χ4v) is 1.51. The molecule has 0 heterocycles. The van der Waals surface area contributed by atoms with Crippen LogP contribution >= 0.6 is 27.5 Å². The van der Waals surface area contributed by atoms with Crippen LogP contribution in [0.5, 0.6) is 0 Å². The van der Waals surface area contributed by atoms with Crippen LogP contribution in [0.15, 0.2) is 18.2 Å². The molecule has 18 heavy (non-hydrogen) atoms. The molecule has 5 nitrogen and oxygen atoms in total. The molecule has 0 saturated carbocycles. The molecule has 1 N–H and O–H groups in total. The summed E-state index contributed by atoms with van der Waals surface area (Å²) >= 11 is 9.12. The number of amides is 1. The van der Waals surface area contributed by atoms with Gasteiger partial charge in [0.1, 0.15) is 0 Å². The van der Waals surface area contributed by atoms with E-state index in [9.17, 15) is 14.9 Å². The van der Waals surface area contributed by atoms with Gasteiger partial charge in [0.15, 0.2) is 0 Å². The molecule has 1 atom stereocenters. The Morgan fingerprint density at radius 2 is 2.11 bits per heavy atom. The topological polar surface area (TPSA) is 72.2 Å². The van der Waals surface area contributed by atoms with Crippen molar-refractivity contribution in [2.45, 2.75) is 18.7 Å². The van der Waals surface area contributed by atoms with E-state index in [4.69, 9.17) is 11.6 Å². The number of nitrogens with one attached hydrogen (secondary N) is 1. The first-order chi connectivity index (χ1) is 8.32. The molecule has 1 rings (SSSR count). The molecule has 1 amide bonds. The molecule has 98 valence electrons. The maximum Gasteiger partial charge on any atom is 0.271 e. The molecule has 1 aromatic rings. The maximum absolute atomic E-state index is 11.8. The van der Waals surface area contributed by atoms with E-state index in [1.807, 2.05) is 13.8 Å². The highest BCUT2D eigenvalue weighted by molar-refractivity contribution is 9.10. The molecule has 1 unspecified atom stereocenters. The van der Waals surface area contributed by atoms with E-state index in [0.717, 1.165) is 0 Å². The molecule has 0 radical (unpaired) electrons. The number of alkyl halides is 1. The smallest absolute Gasteiger partial charge is 0.271 e. The summed E-state index contributed by atoms with van der Waals surface area (Å²) in [6, 6.07) is 3.90. The number of nitro benzene ring substituents is 1. The Labute approximate surface area is 118 Å². The van der Waals surface area contributed by atoms with Gasteiger partial charge in [0.05, 0.1) is 20.5 Å². The number of hydrogen-bond acceptors (Lipinski definition) is 3. The van der Waals surface area contributed by atoms with Crippen LogP contribution in [0.4, 0.5) is 11.4 Å². The van der Waals surface area contributed by atoms with Gasteiger partial charge in [-0.3, -0.25) is 14.9 Å². The lowest BCUT2D eigenvalue weighted by Gasteiger charge is -2.14. The standard InChI is InChI=1S/C11H12BrClN2O3/c1-6(2)10(12)11(16)14-9-5-7(15(17)18)3-4-8(9)13/h3-6,10H,1-2H3,(H,14,16). The highest BCUT2D eigenvalue weighted by atomic mass is 79.9. The summed E-state index contributed by atoms with van der Waals surface area (Å²) in [4.78, 5) is 21.5. The number of hydrogen-bond donors (Lipinski definition) is 1. The number of non-ortho nitro benzene ring substituents is 1. The summed E-state index contributed by atoms with van der Waals surface area (Å²) in [6.07, 6.45) is 0. The SMILES string of the molecule is CC(C)C(Br)C(=O)Nc1cc([N+](=O)[O-])ccc1Cl. The van der Waals surface area contributed by atoms with Crippen LogP contribution in [0, 0.1) is 16.0 Å². The second-order valence-corrected chi connectivity index (χ2v) is 5.45. The summed E-state index contributed by atoms with van der Waals surface area (Å²) in [7, 11) is 0. The van der Waals surface area contributed by atoms with Crippen LogP contribution in [0.2, 0.25) is 5.02 Å². The fourth-order valence-electron chi connectivity index (χ4n) is 1.23. The van der Waals surface area contributed by atoms with Crippen LogP contribution in [0.3, 0.4) is 0 Å². The van der Waals surface area contributed by atoms with Gasteiger partial charge < -0.3 is 5.32 Å². The number of rotatable bonds is 4. The first-order valence-electron chi connectivity index (χ1n) is 5.21. The predicted molar refractivity (Wildman–Crippen MR) is 74.3 cm³/mol. The molecule has 0 aliphatic carbocycles.